The summed E-state index contributed by atoms with van der Waals surface area (Å²) in [6.45, 7) is 0.840. The molecule has 1 amide bonds. The van der Waals surface area contributed by atoms with Gasteiger partial charge in [0.05, 0.1) is 6.54 Å². The minimum Gasteiger partial charge on any atom is -0.445 e. The molecule has 0 spiro atoms. The number of ether oxygens (including phenoxy) is 2. The van der Waals surface area contributed by atoms with E-state index in [1.54, 1.807) is 0 Å². The van der Waals surface area contributed by atoms with Crippen LogP contribution in [0, 0.1) is 0 Å². The van der Waals surface area contributed by atoms with Crippen LogP contribution in [0.2, 0.25) is 0 Å². The van der Waals surface area contributed by atoms with Crippen molar-refractivity contribution >= 4 is 6.09 Å². The summed E-state index contributed by atoms with van der Waals surface area (Å²) in [4.78, 5) is 13.4. The topological polar surface area (TPSA) is 38.8 Å². The Hall–Kier alpha value is -1.62. The SMILES string of the molecule is CO[C@@H]1CN(C(=O)OCc2ccccc2)CC[C@H]1F. The van der Waals surface area contributed by atoms with E-state index in [1.807, 2.05) is 30.3 Å². The molecule has 1 aromatic rings. The molecule has 0 saturated carbocycles. The van der Waals surface area contributed by atoms with E-state index >= 15 is 0 Å². The maximum atomic E-state index is 13.4. The van der Waals surface area contributed by atoms with Crippen LogP contribution in [0.3, 0.4) is 0 Å². The fraction of sp³-hybridized carbons (Fsp3) is 0.500. The summed E-state index contributed by atoms with van der Waals surface area (Å²) < 4.78 is 23.7. The van der Waals surface area contributed by atoms with Crippen LogP contribution < -0.4 is 0 Å². The van der Waals surface area contributed by atoms with Gasteiger partial charge in [0.25, 0.3) is 0 Å². The summed E-state index contributed by atoms with van der Waals surface area (Å²) in [6.07, 6.45) is -1.70. The van der Waals surface area contributed by atoms with Crippen molar-refractivity contribution in [2.75, 3.05) is 20.2 Å². The third kappa shape index (κ3) is 3.67. The van der Waals surface area contributed by atoms with Crippen molar-refractivity contribution in [2.45, 2.75) is 25.3 Å². The van der Waals surface area contributed by atoms with Crippen LogP contribution in [-0.2, 0) is 16.1 Å². The van der Waals surface area contributed by atoms with Gasteiger partial charge in [-0.15, -0.1) is 0 Å². The number of hydrogen-bond acceptors (Lipinski definition) is 3. The molecule has 1 fully saturated rings. The third-order valence-electron chi connectivity index (χ3n) is 3.24. The van der Waals surface area contributed by atoms with Crippen LogP contribution in [0.4, 0.5) is 9.18 Å². The Labute approximate surface area is 112 Å². The molecule has 0 aliphatic carbocycles. The summed E-state index contributed by atoms with van der Waals surface area (Å²) in [5, 5.41) is 0. The molecule has 0 N–H and O–H groups in total. The highest BCUT2D eigenvalue weighted by molar-refractivity contribution is 5.67. The summed E-state index contributed by atoms with van der Waals surface area (Å²) in [5.74, 6) is 0. The molecule has 1 aliphatic heterocycles. The zero-order chi connectivity index (χ0) is 13.7. The number of methoxy groups -OCH3 is 1. The standard InChI is InChI=1S/C14H18FNO3/c1-18-13-9-16(8-7-12(13)15)14(17)19-10-11-5-3-2-4-6-11/h2-6,12-13H,7-10H2,1H3/t12-,13-/m1/s1. The van der Waals surface area contributed by atoms with Crippen LogP contribution in [0.1, 0.15) is 12.0 Å². The summed E-state index contributed by atoms with van der Waals surface area (Å²) in [7, 11) is 1.45. The second kappa shape index (κ2) is 6.52. The molecule has 1 aromatic carbocycles. The van der Waals surface area contributed by atoms with Gasteiger partial charge in [0, 0.05) is 13.7 Å². The lowest BCUT2D eigenvalue weighted by Gasteiger charge is -2.33. The summed E-state index contributed by atoms with van der Waals surface area (Å²) >= 11 is 0. The van der Waals surface area contributed by atoms with Gasteiger partial charge < -0.3 is 14.4 Å². The van der Waals surface area contributed by atoms with E-state index in [0.29, 0.717) is 13.0 Å². The van der Waals surface area contributed by atoms with Gasteiger partial charge in [-0.1, -0.05) is 30.3 Å². The Bertz CT molecular complexity index is 412. The average molecular weight is 267 g/mol. The van der Waals surface area contributed by atoms with E-state index < -0.39 is 18.4 Å². The van der Waals surface area contributed by atoms with Crippen molar-refractivity contribution in [2.24, 2.45) is 0 Å². The van der Waals surface area contributed by atoms with Crippen LogP contribution in [0.5, 0.6) is 0 Å². The maximum Gasteiger partial charge on any atom is 0.410 e. The first-order valence-electron chi connectivity index (χ1n) is 6.33. The fourth-order valence-corrected chi connectivity index (χ4v) is 2.09. The average Bonchev–Trinajstić information content (AvgIpc) is 2.46. The van der Waals surface area contributed by atoms with Gasteiger partial charge >= 0.3 is 6.09 Å². The Kier molecular flexibility index (Phi) is 4.74. The Morgan fingerprint density at radius 2 is 2.16 bits per heavy atom. The van der Waals surface area contributed by atoms with E-state index in [1.165, 1.54) is 12.0 Å². The van der Waals surface area contributed by atoms with Crippen molar-refractivity contribution < 1.29 is 18.7 Å². The van der Waals surface area contributed by atoms with Gasteiger partial charge in [-0.2, -0.15) is 0 Å². The molecule has 104 valence electrons. The number of nitrogens with zero attached hydrogens (tertiary/aromatic N) is 1. The number of carbonyl (C=O) groups is 1. The van der Waals surface area contributed by atoms with E-state index in [-0.39, 0.29) is 13.2 Å². The molecule has 5 heteroatoms. The predicted molar refractivity (Wildman–Crippen MR) is 68.5 cm³/mol. The number of benzene rings is 1. The predicted octanol–water partition coefficient (Wildman–Crippen LogP) is 2.38. The molecule has 1 saturated heterocycles. The molecule has 0 radical (unpaired) electrons. The fourth-order valence-electron chi connectivity index (χ4n) is 2.09. The largest absolute Gasteiger partial charge is 0.445 e. The lowest BCUT2D eigenvalue weighted by molar-refractivity contribution is -0.0252. The van der Waals surface area contributed by atoms with Gasteiger partial charge in [-0.05, 0) is 12.0 Å². The normalized spacial score (nSPS) is 23.2. The van der Waals surface area contributed by atoms with Gasteiger partial charge in [0.2, 0.25) is 0 Å². The number of carbonyl (C=O) groups excluding carboxylic acids is 1. The summed E-state index contributed by atoms with van der Waals surface area (Å²) in [5.41, 5.74) is 0.930. The molecule has 19 heavy (non-hydrogen) atoms. The first kappa shape index (κ1) is 13.8. The number of halogens is 1. The summed E-state index contributed by atoms with van der Waals surface area (Å²) in [6, 6.07) is 9.45. The minimum atomic E-state index is -1.01. The Morgan fingerprint density at radius 3 is 2.84 bits per heavy atom. The van der Waals surface area contributed by atoms with E-state index in [0.717, 1.165) is 5.56 Å². The molecule has 2 rings (SSSR count). The minimum absolute atomic E-state index is 0.229. The van der Waals surface area contributed by atoms with Crippen molar-refractivity contribution in [1.82, 2.24) is 4.90 Å². The monoisotopic (exact) mass is 267 g/mol. The van der Waals surface area contributed by atoms with Gasteiger partial charge in [0.15, 0.2) is 0 Å². The van der Waals surface area contributed by atoms with Crippen LogP contribution >= 0.6 is 0 Å². The molecular formula is C14H18FNO3. The number of rotatable bonds is 3. The van der Waals surface area contributed by atoms with Crippen molar-refractivity contribution in [3.8, 4) is 0 Å². The van der Waals surface area contributed by atoms with Crippen LogP contribution in [0.15, 0.2) is 30.3 Å². The van der Waals surface area contributed by atoms with Gasteiger partial charge in [-0.3, -0.25) is 0 Å². The zero-order valence-corrected chi connectivity index (χ0v) is 10.9. The second-order valence-electron chi connectivity index (χ2n) is 4.57. The van der Waals surface area contributed by atoms with Gasteiger partial charge in [-0.25, -0.2) is 9.18 Å². The maximum absolute atomic E-state index is 13.4. The quantitative estimate of drug-likeness (QED) is 0.844. The first-order valence-corrected chi connectivity index (χ1v) is 6.33. The highest BCUT2D eigenvalue weighted by atomic mass is 19.1. The molecule has 4 nitrogen and oxygen atoms in total. The number of likely N-dealkylation sites (tertiary alicyclic amines) is 1. The number of alkyl halides is 1. The lowest BCUT2D eigenvalue weighted by Crippen LogP contribution is -2.48. The van der Waals surface area contributed by atoms with Crippen molar-refractivity contribution in [3.63, 3.8) is 0 Å². The van der Waals surface area contributed by atoms with Gasteiger partial charge in [0.1, 0.15) is 18.9 Å². The third-order valence-corrected chi connectivity index (χ3v) is 3.24. The van der Waals surface area contributed by atoms with Crippen LogP contribution in [0.25, 0.3) is 0 Å². The Balaban J connectivity index is 1.83. The van der Waals surface area contributed by atoms with Crippen molar-refractivity contribution in [3.05, 3.63) is 35.9 Å². The zero-order valence-electron chi connectivity index (χ0n) is 10.9. The second-order valence-corrected chi connectivity index (χ2v) is 4.57. The molecule has 1 heterocycles. The number of amides is 1. The highest BCUT2D eigenvalue weighted by Gasteiger charge is 2.32. The van der Waals surface area contributed by atoms with E-state index in [4.69, 9.17) is 9.47 Å². The number of hydrogen-bond donors (Lipinski definition) is 0. The smallest absolute Gasteiger partial charge is 0.410 e. The molecule has 0 unspecified atom stereocenters. The first-order chi connectivity index (χ1) is 9.20. The number of piperidine rings is 1. The Morgan fingerprint density at radius 1 is 1.42 bits per heavy atom. The van der Waals surface area contributed by atoms with Crippen LogP contribution in [-0.4, -0.2) is 43.5 Å². The van der Waals surface area contributed by atoms with E-state index in [2.05, 4.69) is 0 Å². The van der Waals surface area contributed by atoms with E-state index in [9.17, 15) is 9.18 Å². The molecular weight excluding hydrogens is 249 g/mol. The lowest BCUT2D eigenvalue weighted by atomic mass is 10.1. The molecule has 0 aromatic heterocycles. The molecule has 0 bridgehead atoms. The van der Waals surface area contributed by atoms with Crippen molar-refractivity contribution in [1.29, 1.82) is 0 Å². The highest BCUT2D eigenvalue weighted by Crippen LogP contribution is 2.17. The molecule has 1 aliphatic rings. The molecule has 2 atom stereocenters.